The van der Waals surface area contributed by atoms with Crippen LogP contribution in [0, 0.1) is 13.8 Å². The first kappa shape index (κ1) is 18.5. The van der Waals surface area contributed by atoms with Crippen LogP contribution in [-0.4, -0.2) is 37.6 Å². The minimum Gasteiger partial charge on any atom is -0.334 e. The molecule has 0 saturated carbocycles. The van der Waals surface area contributed by atoms with Crippen LogP contribution < -0.4 is 4.90 Å². The van der Waals surface area contributed by atoms with Crippen molar-refractivity contribution in [2.75, 3.05) is 11.9 Å². The molecule has 8 heteroatoms. The van der Waals surface area contributed by atoms with Gasteiger partial charge >= 0.3 is 0 Å². The molecule has 3 aromatic heterocycles. The number of nitrogens with zero attached hydrogens (tertiary/aromatic N) is 6. The molecule has 8 nitrogen and oxygen atoms in total. The average molecular weight is 388 g/mol. The number of rotatable bonds is 5. The Labute approximate surface area is 167 Å². The van der Waals surface area contributed by atoms with E-state index in [-0.39, 0.29) is 12.5 Å². The molecule has 0 aliphatic rings. The van der Waals surface area contributed by atoms with Gasteiger partial charge in [0.05, 0.1) is 0 Å². The van der Waals surface area contributed by atoms with Crippen molar-refractivity contribution in [3.05, 3.63) is 66.4 Å². The monoisotopic (exact) mass is 388 g/mol. The molecule has 29 heavy (non-hydrogen) atoms. The van der Waals surface area contributed by atoms with E-state index in [1.807, 2.05) is 38.1 Å². The smallest absolute Gasteiger partial charge is 0.258 e. The SMILES string of the molecule is Cc1cccc(N(C)C(=O)Cn2cc(-c3noc(-c4ccncc4)n3)nc2C)c1. The largest absolute Gasteiger partial charge is 0.334 e. The molecule has 0 radical (unpaired) electrons. The molecule has 4 aromatic rings. The lowest BCUT2D eigenvalue weighted by atomic mass is 10.2. The zero-order valence-corrected chi connectivity index (χ0v) is 16.4. The summed E-state index contributed by atoms with van der Waals surface area (Å²) >= 11 is 0. The van der Waals surface area contributed by atoms with E-state index in [0.717, 1.165) is 16.8 Å². The van der Waals surface area contributed by atoms with E-state index in [1.165, 1.54) is 0 Å². The molecule has 0 unspecified atom stereocenters. The van der Waals surface area contributed by atoms with Crippen LogP contribution in [0.15, 0.2) is 59.5 Å². The Morgan fingerprint density at radius 2 is 1.93 bits per heavy atom. The maximum Gasteiger partial charge on any atom is 0.258 e. The highest BCUT2D eigenvalue weighted by molar-refractivity contribution is 5.92. The second kappa shape index (κ2) is 7.67. The van der Waals surface area contributed by atoms with Crippen LogP contribution in [0.3, 0.4) is 0 Å². The number of likely N-dealkylation sites (N-methyl/N-ethyl adjacent to an activating group) is 1. The lowest BCUT2D eigenvalue weighted by molar-refractivity contribution is -0.118. The summed E-state index contributed by atoms with van der Waals surface area (Å²) in [5.74, 6) is 1.41. The van der Waals surface area contributed by atoms with Gasteiger partial charge in [-0.1, -0.05) is 17.3 Å². The number of amides is 1. The second-order valence-electron chi connectivity index (χ2n) is 6.75. The van der Waals surface area contributed by atoms with E-state index >= 15 is 0 Å². The quantitative estimate of drug-likeness (QED) is 0.521. The van der Waals surface area contributed by atoms with Gasteiger partial charge in [0.1, 0.15) is 18.1 Å². The molecule has 4 rings (SSSR count). The molecule has 1 amide bonds. The van der Waals surface area contributed by atoms with Gasteiger partial charge in [0.15, 0.2) is 0 Å². The van der Waals surface area contributed by atoms with Crippen molar-refractivity contribution in [1.82, 2.24) is 24.7 Å². The van der Waals surface area contributed by atoms with Crippen molar-refractivity contribution in [3.63, 3.8) is 0 Å². The third-order valence-corrected chi connectivity index (χ3v) is 4.63. The number of anilines is 1. The molecule has 0 aliphatic carbocycles. The first-order valence-corrected chi connectivity index (χ1v) is 9.13. The van der Waals surface area contributed by atoms with E-state index in [4.69, 9.17) is 4.52 Å². The molecule has 0 fully saturated rings. The molecule has 0 bridgehead atoms. The molecular formula is C21H20N6O2. The topological polar surface area (TPSA) is 89.9 Å². The van der Waals surface area contributed by atoms with Gasteiger partial charge in [0.2, 0.25) is 11.7 Å². The minimum absolute atomic E-state index is 0.0479. The summed E-state index contributed by atoms with van der Waals surface area (Å²) in [6, 6.07) is 11.4. The predicted octanol–water partition coefficient (Wildman–Crippen LogP) is 3.27. The maximum atomic E-state index is 12.7. The molecule has 0 N–H and O–H groups in total. The number of imidazole rings is 1. The number of pyridine rings is 1. The van der Waals surface area contributed by atoms with E-state index in [0.29, 0.717) is 23.2 Å². The van der Waals surface area contributed by atoms with Crippen LogP contribution >= 0.6 is 0 Å². The summed E-state index contributed by atoms with van der Waals surface area (Å²) in [6.45, 7) is 4.00. The number of aromatic nitrogens is 5. The third kappa shape index (κ3) is 3.91. The van der Waals surface area contributed by atoms with Gasteiger partial charge in [-0.15, -0.1) is 0 Å². The third-order valence-electron chi connectivity index (χ3n) is 4.63. The Hall–Kier alpha value is -3.81. The van der Waals surface area contributed by atoms with Gasteiger partial charge in [-0.05, 0) is 43.7 Å². The molecule has 0 spiro atoms. The van der Waals surface area contributed by atoms with Crippen LogP contribution in [0.1, 0.15) is 11.4 Å². The van der Waals surface area contributed by atoms with Crippen LogP contribution in [0.5, 0.6) is 0 Å². The van der Waals surface area contributed by atoms with Crippen LogP contribution in [-0.2, 0) is 11.3 Å². The summed E-state index contributed by atoms with van der Waals surface area (Å²) in [5, 5.41) is 4.01. The molecule has 3 heterocycles. The summed E-state index contributed by atoms with van der Waals surface area (Å²) in [6.07, 6.45) is 5.08. The van der Waals surface area contributed by atoms with Crippen molar-refractivity contribution in [1.29, 1.82) is 0 Å². The van der Waals surface area contributed by atoms with Crippen LogP contribution in [0.4, 0.5) is 5.69 Å². The van der Waals surface area contributed by atoms with Crippen molar-refractivity contribution in [2.45, 2.75) is 20.4 Å². The van der Waals surface area contributed by atoms with Gasteiger partial charge in [0.25, 0.3) is 5.89 Å². The van der Waals surface area contributed by atoms with Gasteiger partial charge in [-0.3, -0.25) is 9.78 Å². The fourth-order valence-corrected chi connectivity index (χ4v) is 2.95. The first-order valence-electron chi connectivity index (χ1n) is 9.13. The number of benzene rings is 1. The Kier molecular flexibility index (Phi) is 4.90. The molecule has 0 aliphatic heterocycles. The molecule has 0 atom stereocenters. The number of hydrogen-bond acceptors (Lipinski definition) is 6. The first-order chi connectivity index (χ1) is 14.0. The number of aryl methyl sites for hydroxylation is 2. The van der Waals surface area contributed by atoms with Gasteiger partial charge in [-0.25, -0.2) is 4.98 Å². The Bertz CT molecular complexity index is 1150. The Balaban J connectivity index is 1.53. The Morgan fingerprint density at radius 3 is 2.69 bits per heavy atom. The van der Waals surface area contributed by atoms with Crippen molar-refractivity contribution in [3.8, 4) is 23.0 Å². The van der Waals surface area contributed by atoms with E-state index < -0.39 is 0 Å². The fraction of sp³-hybridized carbons (Fsp3) is 0.190. The maximum absolute atomic E-state index is 12.7. The molecular weight excluding hydrogens is 368 g/mol. The predicted molar refractivity (Wildman–Crippen MR) is 108 cm³/mol. The van der Waals surface area contributed by atoms with E-state index in [2.05, 4.69) is 20.1 Å². The highest BCUT2D eigenvalue weighted by Crippen LogP contribution is 2.21. The second-order valence-corrected chi connectivity index (χ2v) is 6.75. The number of hydrogen-bond donors (Lipinski definition) is 0. The van der Waals surface area contributed by atoms with Crippen molar-refractivity contribution in [2.24, 2.45) is 0 Å². The highest BCUT2D eigenvalue weighted by Gasteiger charge is 2.17. The van der Waals surface area contributed by atoms with Crippen LogP contribution in [0.25, 0.3) is 23.0 Å². The van der Waals surface area contributed by atoms with Crippen molar-refractivity contribution >= 4 is 11.6 Å². The summed E-state index contributed by atoms with van der Waals surface area (Å²) in [7, 11) is 1.77. The highest BCUT2D eigenvalue weighted by atomic mass is 16.5. The summed E-state index contributed by atoms with van der Waals surface area (Å²) < 4.78 is 7.11. The lowest BCUT2D eigenvalue weighted by Gasteiger charge is -2.18. The summed E-state index contributed by atoms with van der Waals surface area (Å²) in [4.78, 5) is 27.2. The molecule has 146 valence electrons. The standard InChI is InChI=1S/C21H20N6O2/c1-14-5-4-6-17(11-14)26(3)19(28)13-27-12-18(23-15(27)2)20-24-21(29-25-20)16-7-9-22-10-8-16/h4-12H,13H2,1-3H3. The lowest BCUT2D eigenvalue weighted by Crippen LogP contribution is -2.30. The molecule has 0 saturated heterocycles. The average Bonchev–Trinajstić information content (AvgIpc) is 3.35. The number of carbonyl (C=O) groups excluding carboxylic acids is 1. The van der Waals surface area contributed by atoms with E-state index in [9.17, 15) is 4.79 Å². The number of carbonyl (C=O) groups is 1. The zero-order valence-electron chi connectivity index (χ0n) is 16.4. The Morgan fingerprint density at radius 1 is 1.14 bits per heavy atom. The normalized spacial score (nSPS) is 10.9. The van der Waals surface area contributed by atoms with E-state index in [1.54, 1.807) is 47.2 Å². The summed E-state index contributed by atoms with van der Waals surface area (Å²) in [5.41, 5.74) is 3.29. The van der Waals surface area contributed by atoms with Crippen molar-refractivity contribution < 1.29 is 9.32 Å². The molecule has 1 aromatic carbocycles. The van der Waals surface area contributed by atoms with Gasteiger partial charge in [-0.2, -0.15) is 4.98 Å². The minimum atomic E-state index is -0.0479. The van der Waals surface area contributed by atoms with Gasteiger partial charge in [0, 0.05) is 36.9 Å². The van der Waals surface area contributed by atoms with Crippen LogP contribution in [0.2, 0.25) is 0 Å². The fourth-order valence-electron chi connectivity index (χ4n) is 2.95. The van der Waals surface area contributed by atoms with Gasteiger partial charge < -0.3 is 14.0 Å². The zero-order chi connectivity index (χ0) is 20.4.